The predicted octanol–water partition coefficient (Wildman–Crippen LogP) is -2.86. The zero-order valence-electron chi connectivity index (χ0n) is 57.6. The molecule has 0 radical (unpaired) electrons. The summed E-state index contributed by atoms with van der Waals surface area (Å²) in [7, 11) is 0. The highest BCUT2D eigenvalue weighted by Crippen LogP contribution is 2.61. The molecule has 4 heterocycles. The van der Waals surface area contributed by atoms with Crippen molar-refractivity contribution in [3.63, 3.8) is 0 Å². The number of aliphatic hydroxyl groups is 2. The number of benzene rings is 1. The second kappa shape index (κ2) is 38.2. The van der Waals surface area contributed by atoms with E-state index in [9.17, 15) is 68.1 Å². The topological polar surface area (TPSA) is 544 Å². The molecular formula is C68H99N19O14S2. The van der Waals surface area contributed by atoms with Crippen LogP contribution in [0.25, 0.3) is 0 Å². The fraction of sp³-hybridized carbons (Fsp3) is 0.588. The standard InChI is InChI=1S/C68H99N19O14S2/c69-65(70)75-18-4-14-45(79-54(90)34-68-31-39-24-40(32-68)26-41(25-39)33-68)56(92)81-46(15-5-19-76-66(71)72)62(98)86-21-7-17-52(86)63(99)87-36-42(89)28-53(87)61(97)78-35-55(91)80-49(29-43-12-8-22-102-43)58(94)85-51(37-88)60(96)83-48(27-38-10-2-1-3-11-38)57(93)84-50(30-44-13-9-23-103-44)59(95)82-47(64(100)101)16-6-20-77-67(73)74/h1-3,8-13,22-23,39-42,45-53,88-89H,4-7,14-21,24-37H2,(H,78,97)(H,79,90)(H,80,91)(H,81,92)(H,82,95)(H,83,96)(H,84,93)(H,85,94)(H,100,101)(H4,69,70,75)(H4,71,72,76)(H4,73,74,77)/t39?,40?,41?,42?,45-,46+,47-,48-,49+,50+,51+,52+,53+,68?/m1/s1. The van der Waals surface area contributed by atoms with E-state index in [4.69, 9.17) is 34.4 Å². The molecule has 4 bridgehead atoms. The van der Waals surface area contributed by atoms with Crippen LogP contribution in [-0.2, 0) is 72.0 Å². The third kappa shape index (κ3) is 23.8. The minimum Gasteiger partial charge on any atom is -0.480 e. The van der Waals surface area contributed by atoms with Crippen LogP contribution < -0.4 is 76.9 Å². The van der Waals surface area contributed by atoms with Gasteiger partial charge in [0.2, 0.25) is 59.1 Å². The zero-order chi connectivity index (χ0) is 74.3. The average Bonchev–Trinajstić information content (AvgIpc) is 1.70. The number of carbonyl (C=O) groups is 11. The van der Waals surface area contributed by atoms with E-state index >= 15 is 0 Å². The van der Waals surface area contributed by atoms with Gasteiger partial charge in [0.25, 0.3) is 0 Å². The lowest BCUT2D eigenvalue weighted by Crippen LogP contribution is -2.60. The third-order valence-electron chi connectivity index (χ3n) is 19.5. The molecule has 3 aromatic rings. The first-order valence-corrected chi connectivity index (χ1v) is 36.8. The molecule has 9 rings (SSSR count). The molecule has 10 atom stereocenters. The highest BCUT2D eigenvalue weighted by atomic mass is 32.1. The van der Waals surface area contributed by atoms with E-state index in [0.29, 0.717) is 45.9 Å². The Morgan fingerprint density at radius 2 is 1.00 bits per heavy atom. The number of guanidine groups is 3. The molecule has 562 valence electrons. The number of rotatable bonds is 39. The number of aliphatic imine (C=N–C) groups is 3. The number of hydrogen-bond acceptors (Lipinski definition) is 18. The summed E-state index contributed by atoms with van der Waals surface area (Å²) in [5.41, 5.74) is 33.7. The van der Waals surface area contributed by atoms with Crippen molar-refractivity contribution in [1.29, 1.82) is 0 Å². The number of carboxylic acids is 1. The first kappa shape index (κ1) is 79.2. The normalized spacial score (nSPS) is 22.1. The number of thiophene rings is 2. The van der Waals surface area contributed by atoms with E-state index in [2.05, 4.69) is 57.5 Å². The van der Waals surface area contributed by atoms with Crippen molar-refractivity contribution < 1.29 is 68.1 Å². The maximum absolute atomic E-state index is 14.9. The van der Waals surface area contributed by atoms with Gasteiger partial charge >= 0.3 is 5.97 Å². The molecule has 10 amide bonds. The summed E-state index contributed by atoms with van der Waals surface area (Å²) in [5, 5.41) is 56.3. The number of carboxylic acid groups (broad SMARTS) is 1. The molecule has 35 heteroatoms. The van der Waals surface area contributed by atoms with E-state index < -0.39 is 133 Å². The maximum atomic E-state index is 14.9. The molecule has 33 nitrogen and oxygen atoms in total. The Bertz CT molecular complexity index is 3480. The largest absolute Gasteiger partial charge is 0.480 e. The van der Waals surface area contributed by atoms with Gasteiger partial charge in [-0.05, 0) is 142 Å². The van der Waals surface area contributed by atoms with Crippen molar-refractivity contribution >= 4 is 106 Å². The number of aliphatic carboxylic acids is 1. The van der Waals surface area contributed by atoms with Crippen molar-refractivity contribution in [2.45, 2.75) is 182 Å². The Labute approximate surface area is 604 Å². The first-order chi connectivity index (χ1) is 49.2. The second-order valence-electron chi connectivity index (χ2n) is 27.6. The minimum atomic E-state index is -1.74. The highest BCUT2D eigenvalue weighted by molar-refractivity contribution is 7.10. The summed E-state index contributed by atoms with van der Waals surface area (Å²) in [4.78, 5) is 171. The number of nitrogens with two attached hydrogens (primary N) is 6. The van der Waals surface area contributed by atoms with E-state index in [1.54, 1.807) is 65.4 Å². The Morgan fingerprint density at radius 1 is 0.534 bits per heavy atom. The fourth-order valence-corrected chi connectivity index (χ4v) is 16.7. The number of likely N-dealkylation sites (tertiary alicyclic amines) is 2. The number of aliphatic hydroxyl groups excluding tert-OH is 2. The van der Waals surface area contributed by atoms with Crippen LogP contribution in [-0.4, -0.2) is 214 Å². The van der Waals surface area contributed by atoms with Crippen LogP contribution in [0.4, 0.5) is 0 Å². The molecule has 4 aliphatic carbocycles. The first-order valence-electron chi connectivity index (χ1n) is 35.0. The van der Waals surface area contributed by atoms with Crippen molar-refractivity contribution in [2.75, 3.05) is 45.9 Å². The van der Waals surface area contributed by atoms with Gasteiger partial charge in [0.05, 0.1) is 19.3 Å². The van der Waals surface area contributed by atoms with Crippen LogP contribution in [0.1, 0.15) is 118 Å². The minimum absolute atomic E-state index is 0.0220. The van der Waals surface area contributed by atoms with Crippen LogP contribution in [0.5, 0.6) is 0 Å². The smallest absolute Gasteiger partial charge is 0.326 e. The monoisotopic (exact) mass is 1470 g/mol. The number of amides is 10. The summed E-state index contributed by atoms with van der Waals surface area (Å²) >= 11 is 2.53. The molecule has 1 unspecified atom stereocenters. The zero-order valence-corrected chi connectivity index (χ0v) is 59.2. The second-order valence-corrected chi connectivity index (χ2v) is 29.6. The van der Waals surface area contributed by atoms with E-state index in [1.165, 1.54) is 46.8 Å². The van der Waals surface area contributed by atoms with E-state index in [-0.39, 0.29) is 133 Å². The van der Waals surface area contributed by atoms with Gasteiger partial charge in [-0.2, -0.15) is 0 Å². The highest BCUT2D eigenvalue weighted by Gasteiger charge is 2.52. The summed E-state index contributed by atoms with van der Waals surface area (Å²) in [5.74, 6) is -7.73. The molecule has 103 heavy (non-hydrogen) atoms. The number of carbonyl (C=O) groups excluding carboxylic acids is 10. The number of hydrogen-bond donors (Lipinski definition) is 17. The molecule has 6 fully saturated rings. The van der Waals surface area contributed by atoms with Gasteiger partial charge < -0.3 is 102 Å². The van der Waals surface area contributed by atoms with Gasteiger partial charge in [0.1, 0.15) is 54.4 Å². The number of nitrogens with one attached hydrogen (secondary N) is 8. The molecule has 23 N–H and O–H groups in total. The van der Waals surface area contributed by atoms with E-state index in [1.807, 2.05) is 0 Å². The van der Waals surface area contributed by atoms with Crippen LogP contribution in [0.2, 0.25) is 0 Å². The summed E-state index contributed by atoms with van der Waals surface area (Å²) in [6, 6.07) is 3.12. The molecule has 1 aromatic carbocycles. The van der Waals surface area contributed by atoms with Crippen LogP contribution in [0.3, 0.4) is 0 Å². The third-order valence-corrected chi connectivity index (χ3v) is 21.3. The lowest BCUT2D eigenvalue weighted by molar-refractivity contribution is -0.148. The van der Waals surface area contributed by atoms with Gasteiger partial charge in [-0.15, -0.1) is 22.7 Å². The Balaban J connectivity index is 0.904. The van der Waals surface area contributed by atoms with Gasteiger partial charge in [0, 0.05) is 74.6 Å². The summed E-state index contributed by atoms with van der Waals surface area (Å²) in [6.07, 6.45) is 6.30. The quantitative estimate of drug-likeness (QED) is 0.0155. The van der Waals surface area contributed by atoms with Gasteiger partial charge in [-0.3, -0.25) is 62.9 Å². The molecule has 2 saturated heterocycles. The molecule has 4 saturated carbocycles. The Morgan fingerprint density at radius 3 is 1.51 bits per heavy atom. The van der Waals surface area contributed by atoms with Crippen molar-refractivity contribution in [3.8, 4) is 0 Å². The number of β-amino-alcohol motifs (C(OH)–C–C–N with tert-alkyl or cyclic N) is 1. The van der Waals surface area contributed by atoms with Crippen molar-refractivity contribution in [1.82, 2.24) is 52.3 Å². The average molecular weight is 1470 g/mol. The Kier molecular flexibility index (Phi) is 29.3. The molecule has 2 aliphatic heterocycles. The SMILES string of the molecule is NC(N)=NCCC[C@H](NC(=O)[C@@H](CCCN=C(N)N)NC(=O)CC12CC3CC(CC(C3)C1)C2)C(=O)N1CCC[C@H]1C(=O)N1CC(O)C[C@H]1C(=O)NCC(=O)N[C@@H](Cc1cccs1)C(=O)N[C@@H](CO)C(=O)N[C@H](Cc1ccccc1)C(=O)N[C@@H](Cc1cccs1)C(=O)N[C@H](CCCN=C(N)N)C(=O)O. The lowest BCUT2D eigenvalue weighted by Gasteiger charge is -2.56. The summed E-state index contributed by atoms with van der Waals surface area (Å²) in [6.45, 7) is -1.62. The van der Waals surface area contributed by atoms with E-state index in [0.717, 1.165) is 24.2 Å². The van der Waals surface area contributed by atoms with Gasteiger partial charge in [0.15, 0.2) is 17.9 Å². The number of nitrogens with zero attached hydrogens (tertiary/aromatic N) is 5. The molecular weight excluding hydrogens is 1370 g/mol. The molecule has 6 aliphatic rings. The van der Waals surface area contributed by atoms with Gasteiger partial charge in [-0.25, -0.2) is 4.79 Å². The van der Waals surface area contributed by atoms with Crippen LogP contribution >= 0.6 is 22.7 Å². The van der Waals surface area contributed by atoms with Crippen LogP contribution in [0.15, 0.2) is 80.3 Å². The lowest BCUT2D eigenvalue weighted by atomic mass is 9.49. The Hall–Kier alpha value is -9.48. The van der Waals surface area contributed by atoms with Crippen molar-refractivity contribution in [2.24, 2.45) is 72.5 Å². The molecule has 2 aromatic heterocycles. The van der Waals surface area contributed by atoms with Crippen molar-refractivity contribution in [3.05, 3.63) is 80.7 Å². The fourth-order valence-electron chi connectivity index (χ4n) is 15.2. The predicted molar refractivity (Wildman–Crippen MR) is 383 cm³/mol. The molecule has 0 spiro atoms. The summed E-state index contributed by atoms with van der Waals surface area (Å²) < 4.78 is 0. The van der Waals surface area contributed by atoms with Crippen LogP contribution in [0, 0.1) is 23.2 Å². The maximum Gasteiger partial charge on any atom is 0.326 e. The van der Waals surface area contributed by atoms with Gasteiger partial charge in [-0.1, -0.05) is 42.5 Å².